The Morgan fingerprint density at radius 1 is 0.980 bits per heavy atom. The van der Waals surface area contributed by atoms with Crippen molar-refractivity contribution in [3.8, 4) is 22.4 Å². The Morgan fingerprint density at radius 3 is 2.10 bits per heavy atom. The van der Waals surface area contributed by atoms with E-state index < -0.39 is 18.9 Å². The van der Waals surface area contributed by atoms with E-state index in [1.807, 2.05) is 39.0 Å². The van der Waals surface area contributed by atoms with Gasteiger partial charge in [0, 0.05) is 32.1 Å². The summed E-state index contributed by atoms with van der Waals surface area (Å²) in [4.78, 5) is 16.0. The zero-order valence-electron chi connectivity index (χ0n) is 28.6. The summed E-state index contributed by atoms with van der Waals surface area (Å²) in [5.74, 6) is -0.312. The summed E-state index contributed by atoms with van der Waals surface area (Å²) >= 11 is 6.67. The number of ether oxygens (including phenoxy) is 3. The van der Waals surface area contributed by atoms with Gasteiger partial charge in [-0.3, -0.25) is 14.4 Å². The fourth-order valence-electron chi connectivity index (χ4n) is 5.48. The number of carboxylic acids is 1. The fourth-order valence-corrected chi connectivity index (χ4v) is 5.74. The van der Waals surface area contributed by atoms with E-state index in [0.29, 0.717) is 24.0 Å². The molecule has 0 bridgehead atoms. The number of anilines is 1. The first-order valence-electron chi connectivity index (χ1n) is 16.6. The van der Waals surface area contributed by atoms with Gasteiger partial charge in [0.25, 0.3) is 5.97 Å². The number of carboxylic acid groups (broad SMARTS) is 1. The summed E-state index contributed by atoms with van der Waals surface area (Å²) in [6, 6.07) is 18.4. The molecule has 1 saturated heterocycles. The first kappa shape index (κ1) is 39.8. The summed E-state index contributed by atoms with van der Waals surface area (Å²) in [6.07, 6.45) is 1.31. The van der Waals surface area contributed by atoms with Crippen molar-refractivity contribution in [3.05, 3.63) is 83.3 Å². The summed E-state index contributed by atoms with van der Waals surface area (Å²) in [7, 11) is 0. The van der Waals surface area contributed by atoms with Gasteiger partial charge in [-0.1, -0.05) is 80.4 Å². The van der Waals surface area contributed by atoms with E-state index in [-0.39, 0.29) is 18.8 Å². The van der Waals surface area contributed by atoms with Gasteiger partial charge >= 0.3 is 6.36 Å². The molecule has 0 radical (unpaired) electrons. The van der Waals surface area contributed by atoms with Gasteiger partial charge < -0.3 is 19.9 Å². The van der Waals surface area contributed by atoms with Gasteiger partial charge in [0.2, 0.25) is 0 Å². The smallest absolute Gasteiger partial charge is 0.481 e. The number of hydrogen-bond donors (Lipinski definition) is 2. The Labute approximate surface area is 292 Å². The van der Waals surface area contributed by atoms with Crippen molar-refractivity contribution < 1.29 is 37.3 Å². The molecule has 3 aromatic rings. The average Bonchev–Trinajstić information content (AvgIpc) is 3.04. The van der Waals surface area contributed by atoms with Crippen LogP contribution >= 0.6 is 11.6 Å². The molecule has 0 spiro atoms. The van der Waals surface area contributed by atoms with Crippen LogP contribution in [0.5, 0.6) is 0 Å². The van der Waals surface area contributed by atoms with Crippen molar-refractivity contribution in [2.45, 2.75) is 84.9 Å². The third-order valence-corrected chi connectivity index (χ3v) is 8.07. The normalized spacial score (nSPS) is 15.2. The zero-order valence-corrected chi connectivity index (χ0v) is 29.4. The van der Waals surface area contributed by atoms with E-state index in [9.17, 15) is 13.2 Å². The number of likely N-dealkylation sites (tertiary alicyclic amines) is 1. The van der Waals surface area contributed by atoms with Crippen LogP contribution in [0.15, 0.2) is 67.1 Å². The number of hydrogen-bond acceptors (Lipinski definition) is 7. The molecule has 0 amide bonds. The van der Waals surface area contributed by atoms with E-state index >= 15 is 0 Å². The molecule has 2 heterocycles. The third-order valence-electron chi connectivity index (χ3n) is 7.78. The van der Waals surface area contributed by atoms with Crippen molar-refractivity contribution in [1.29, 1.82) is 0 Å². The van der Waals surface area contributed by atoms with Crippen molar-refractivity contribution in [3.63, 3.8) is 0 Å². The molecule has 1 aromatic heterocycles. The number of alkyl halides is 3. The Morgan fingerprint density at radius 2 is 1.53 bits per heavy atom. The minimum Gasteiger partial charge on any atom is -0.481 e. The Hall–Kier alpha value is -3.64. The Kier molecular flexibility index (Phi) is 15.9. The van der Waals surface area contributed by atoms with Gasteiger partial charge in [0.1, 0.15) is 6.10 Å². The van der Waals surface area contributed by atoms with Crippen molar-refractivity contribution >= 4 is 23.3 Å². The van der Waals surface area contributed by atoms with Crippen LogP contribution in [0.25, 0.3) is 22.4 Å². The van der Waals surface area contributed by atoms with Crippen molar-refractivity contribution in [2.24, 2.45) is 0 Å². The molecule has 2 fully saturated rings. The van der Waals surface area contributed by atoms with Crippen LogP contribution < -0.4 is 5.32 Å². The first-order chi connectivity index (χ1) is 23.4. The number of aryl methyl sites for hydroxylation is 1. The maximum atomic E-state index is 12.0. The molecular formula is C37H47ClF3N3O5. The van der Waals surface area contributed by atoms with Gasteiger partial charge in [-0.25, -0.2) is 4.98 Å². The predicted molar refractivity (Wildman–Crippen MR) is 187 cm³/mol. The second-order valence-corrected chi connectivity index (χ2v) is 12.1. The number of nitrogens with zero attached hydrogens (tertiary/aromatic N) is 2. The van der Waals surface area contributed by atoms with Crippen molar-refractivity contribution in [2.75, 3.05) is 31.6 Å². The highest BCUT2D eigenvalue weighted by Crippen LogP contribution is 2.33. The van der Waals surface area contributed by atoms with Crippen LogP contribution in [0.3, 0.4) is 0 Å². The topological polar surface area (TPSA) is 93.2 Å². The summed E-state index contributed by atoms with van der Waals surface area (Å²) in [5, 5.41) is 11.2. The Bertz CT molecular complexity index is 1470. The number of nitrogens with one attached hydrogen (secondary N) is 1. The van der Waals surface area contributed by atoms with Gasteiger partial charge in [-0.15, -0.1) is 13.2 Å². The van der Waals surface area contributed by atoms with Crippen LogP contribution in [0.4, 0.5) is 18.9 Å². The van der Waals surface area contributed by atoms with E-state index in [4.69, 9.17) is 36.0 Å². The maximum Gasteiger partial charge on any atom is 0.522 e. The second kappa shape index (κ2) is 19.5. The summed E-state index contributed by atoms with van der Waals surface area (Å²) < 4.78 is 51.3. The number of aromatic nitrogens is 1. The molecule has 1 aliphatic carbocycles. The number of rotatable bonds is 12. The molecule has 0 unspecified atom stereocenters. The lowest BCUT2D eigenvalue weighted by atomic mass is 9.98. The molecule has 2 N–H and O–H groups in total. The monoisotopic (exact) mass is 705 g/mol. The number of aliphatic carboxylic acids is 1. The molecule has 8 nitrogen and oxygen atoms in total. The minimum atomic E-state index is -4.61. The molecular weight excluding hydrogens is 659 g/mol. The highest BCUT2D eigenvalue weighted by molar-refractivity contribution is 6.33. The standard InChI is InChI=1S/C33H37ClF3N3O3.C2H4O2.C2H6/c1-22-31(39-23(2)43-28-6-4-3-5-7-28)18-30(34)32(38-22)27-14-12-26(13-15-27)25-10-8-24(9-11-25)19-40-20-29(21-40)41-16-17-42-33(35,36)37;1-2(3)4;1-2/h8-15,18,28-29,39H,2-7,16-17,19-21H2,1H3;1H3,(H,3,4);1-2H3. The largest absolute Gasteiger partial charge is 0.522 e. The van der Waals surface area contributed by atoms with E-state index in [1.165, 1.54) is 19.3 Å². The van der Waals surface area contributed by atoms with Gasteiger partial charge in [-0.2, -0.15) is 0 Å². The number of carbonyl (C=O) groups is 1. The molecule has 5 rings (SSSR count). The lowest BCUT2D eigenvalue weighted by Crippen LogP contribution is -2.51. The van der Waals surface area contributed by atoms with Crippen LogP contribution in [0, 0.1) is 6.92 Å². The summed E-state index contributed by atoms with van der Waals surface area (Å²) in [6.45, 7) is 12.6. The van der Waals surface area contributed by atoms with Crippen LogP contribution in [-0.2, 0) is 25.5 Å². The first-order valence-corrected chi connectivity index (χ1v) is 17.0. The SMILES string of the molecule is C=C(Nc1cc(Cl)c(-c2ccc(-c3ccc(CN4CC(OCCOC(F)(F)F)C4)cc3)cc2)nc1C)OC1CCCCC1.CC.CC(=O)O. The average molecular weight is 706 g/mol. The molecule has 49 heavy (non-hydrogen) atoms. The molecule has 2 aliphatic rings. The second-order valence-electron chi connectivity index (χ2n) is 11.7. The molecule has 1 saturated carbocycles. The number of halogens is 4. The zero-order chi connectivity index (χ0) is 36.0. The van der Waals surface area contributed by atoms with Crippen LogP contribution in [0.2, 0.25) is 5.02 Å². The molecule has 1 aliphatic heterocycles. The molecule has 2 aromatic carbocycles. The third kappa shape index (κ3) is 13.7. The molecule has 268 valence electrons. The quantitative estimate of drug-likeness (QED) is 0.142. The highest BCUT2D eigenvalue weighted by atomic mass is 35.5. The minimum absolute atomic E-state index is 0.0615. The van der Waals surface area contributed by atoms with E-state index in [2.05, 4.69) is 57.9 Å². The Balaban J connectivity index is 0.00000101. The van der Waals surface area contributed by atoms with E-state index in [0.717, 1.165) is 65.6 Å². The van der Waals surface area contributed by atoms with Gasteiger partial charge in [0.05, 0.1) is 41.4 Å². The molecule has 0 atom stereocenters. The van der Waals surface area contributed by atoms with E-state index in [1.54, 1.807) is 0 Å². The maximum absolute atomic E-state index is 12.0. The lowest BCUT2D eigenvalue weighted by Gasteiger charge is -2.39. The summed E-state index contributed by atoms with van der Waals surface area (Å²) in [5.41, 5.74) is 6.57. The van der Waals surface area contributed by atoms with Crippen molar-refractivity contribution in [1.82, 2.24) is 9.88 Å². The van der Waals surface area contributed by atoms with Gasteiger partial charge in [-0.05, 0) is 61.9 Å². The lowest BCUT2D eigenvalue weighted by molar-refractivity contribution is -0.328. The molecule has 12 heteroatoms. The van der Waals surface area contributed by atoms with Gasteiger partial charge in [0.15, 0.2) is 5.88 Å². The predicted octanol–water partition coefficient (Wildman–Crippen LogP) is 9.46. The fraction of sp³-hybridized carbons (Fsp3) is 0.459. The number of pyridine rings is 1. The number of benzene rings is 2. The van der Waals surface area contributed by atoms with Crippen LogP contribution in [0.1, 0.15) is 64.1 Å². The highest BCUT2D eigenvalue weighted by Gasteiger charge is 2.30. The van der Waals surface area contributed by atoms with Crippen LogP contribution in [-0.4, -0.2) is 65.8 Å².